The lowest BCUT2D eigenvalue weighted by Gasteiger charge is -2.23. The number of nitrogens with one attached hydrogen (secondary N) is 1. The molecule has 0 radical (unpaired) electrons. The van der Waals surface area contributed by atoms with E-state index in [1.807, 2.05) is 0 Å². The highest BCUT2D eigenvalue weighted by atomic mass is 19.2. The Morgan fingerprint density at radius 2 is 2.06 bits per heavy atom. The summed E-state index contributed by atoms with van der Waals surface area (Å²) in [6, 6.07) is 2.63. The van der Waals surface area contributed by atoms with Gasteiger partial charge in [-0.15, -0.1) is 0 Å². The van der Waals surface area contributed by atoms with Crippen molar-refractivity contribution in [2.45, 2.75) is 39.2 Å². The average Bonchev–Trinajstić information content (AvgIpc) is 2.71. The van der Waals surface area contributed by atoms with E-state index in [1.54, 1.807) is 0 Å². The fraction of sp³-hybridized carbons (Fsp3) is 0.571. The predicted octanol–water partition coefficient (Wildman–Crippen LogP) is 3.78. The number of benzene rings is 1. The molecular formula is C14H20F2N2. The Morgan fingerprint density at radius 1 is 1.33 bits per heavy atom. The quantitative estimate of drug-likeness (QED) is 0.805. The fourth-order valence-electron chi connectivity index (χ4n) is 2.93. The van der Waals surface area contributed by atoms with Crippen molar-refractivity contribution in [3.05, 3.63) is 23.8 Å². The molecule has 0 amide bonds. The van der Waals surface area contributed by atoms with Crippen LogP contribution in [-0.4, -0.2) is 6.04 Å². The summed E-state index contributed by atoms with van der Waals surface area (Å²) in [5, 5.41) is 3.09. The molecule has 0 aromatic heterocycles. The summed E-state index contributed by atoms with van der Waals surface area (Å²) < 4.78 is 26.9. The van der Waals surface area contributed by atoms with Crippen LogP contribution in [0.1, 0.15) is 33.1 Å². The largest absolute Gasteiger partial charge is 0.397 e. The lowest BCUT2D eigenvalue weighted by molar-refractivity contribution is 0.391. The zero-order chi connectivity index (χ0) is 13.3. The Hall–Kier alpha value is -1.32. The zero-order valence-corrected chi connectivity index (χ0v) is 10.8. The lowest BCUT2D eigenvalue weighted by Crippen LogP contribution is -2.25. The molecule has 1 aliphatic carbocycles. The zero-order valence-electron chi connectivity index (χ0n) is 10.8. The van der Waals surface area contributed by atoms with Crippen LogP contribution in [0.2, 0.25) is 0 Å². The van der Waals surface area contributed by atoms with Crippen molar-refractivity contribution in [3.8, 4) is 0 Å². The maximum absolute atomic E-state index is 13.7. The number of nitrogens with two attached hydrogens (primary N) is 1. The second-order valence-electron chi connectivity index (χ2n) is 5.18. The molecule has 1 aromatic rings. The molecule has 1 aliphatic rings. The third-order valence-electron chi connectivity index (χ3n) is 4.21. The van der Waals surface area contributed by atoms with E-state index < -0.39 is 11.6 Å². The van der Waals surface area contributed by atoms with E-state index in [0.29, 0.717) is 11.8 Å². The van der Waals surface area contributed by atoms with Crippen LogP contribution in [0.3, 0.4) is 0 Å². The molecule has 1 aromatic carbocycles. The van der Waals surface area contributed by atoms with Crippen molar-refractivity contribution in [1.29, 1.82) is 0 Å². The minimum absolute atomic E-state index is 0.114. The number of hydrogen-bond donors (Lipinski definition) is 2. The van der Waals surface area contributed by atoms with Gasteiger partial charge in [-0.3, -0.25) is 0 Å². The van der Waals surface area contributed by atoms with Gasteiger partial charge in [-0.2, -0.15) is 0 Å². The third kappa shape index (κ3) is 2.28. The molecule has 3 N–H and O–H groups in total. The van der Waals surface area contributed by atoms with Gasteiger partial charge in [-0.1, -0.05) is 20.3 Å². The van der Waals surface area contributed by atoms with Gasteiger partial charge in [-0.05, 0) is 36.8 Å². The summed E-state index contributed by atoms with van der Waals surface area (Å²) >= 11 is 0. The Balaban J connectivity index is 2.18. The first-order valence-corrected chi connectivity index (χ1v) is 6.54. The van der Waals surface area contributed by atoms with Gasteiger partial charge in [0.05, 0.1) is 11.4 Å². The summed E-state index contributed by atoms with van der Waals surface area (Å²) in [5.74, 6) is -0.621. The molecule has 4 heteroatoms. The first kappa shape index (κ1) is 13.1. The highest BCUT2D eigenvalue weighted by molar-refractivity contribution is 5.67. The van der Waals surface area contributed by atoms with Crippen molar-refractivity contribution >= 4 is 11.4 Å². The minimum atomic E-state index is -0.873. The Morgan fingerprint density at radius 3 is 2.67 bits per heavy atom. The summed E-state index contributed by atoms with van der Waals surface area (Å²) in [4.78, 5) is 0. The van der Waals surface area contributed by atoms with Crippen molar-refractivity contribution in [2.24, 2.45) is 11.8 Å². The molecule has 1 saturated carbocycles. The van der Waals surface area contributed by atoms with Crippen LogP contribution in [0.4, 0.5) is 20.2 Å². The van der Waals surface area contributed by atoms with E-state index >= 15 is 0 Å². The molecular weight excluding hydrogens is 234 g/mol. The van der Waals surface area contributed by atoms with Gasteiger partial charge in [0.15, 0.2) is 11.6 Å². The molecule has 2 rings (SSSR count). The third-order valence-corrected chi connectivity index (χ3v) is 4.21. The predicted molar refractivity (Wildman–Crippen MR) is 70.4 cm³/mol. The molecule has 100 valence electrons. The fourth-order valence-corrected chi connectivity index (χ4v) is 2.93. The second-order valence-corrected chi connectivity index (χ2v) is 5.18. The van der Waals surface area contributed by atoms with Crippen LogP contribution in [0.5, 0.6) is 0 Å². The van der Waals surface area contributed by atoms with Crippen molar-refractivity contribution in [3.63, 3.8) is 0 Å². The van der Waals surface area contributed by atoms with Crippen molar-refractivity contribution in [2.75, 3.05) is 11.1 Å². The van der Waals surface area contributed by atoms with Crippen LogP contribution >= 0.6 is 0 Å². The highest BCUT2D eigenvalue weighted by Crippen LogP contribution is 2.37. The summed E-state index contributed by atoms with van der Waals surface area (Å²) in [6.45, 7) is 4.33. The van der Waals surface area contributed by atoms with Crippen LogP contribution in [0.25, 0.3) is 0 Å². The van der Waals surface area contributed by atoms with Gasteiger partial charge >= 0.3 is 0 Å². The molecule has 0 heterocycles. The number of anilines is 2. The van der Waals surface area contributed by atoms with Gasteiger partial charge < -0.3 is 11.1 Å². The Bertz CT molecular complexity index is 434. The highest BCUT2D eigenvalue weighted by Gasteiger charge is 2.32. The van der Waals surface area contributed by atoms with Crippen molar-refractivity contribution in [1.82, 2.24) is 0 Å². The lowest BCUT2D eigenvalue weighted by atomic mass is 9.93. The van der Waals surface area contributed by atoms with Gasteiger partial charge in [0, 0.05) is 6.04 Å². The van der Waals surface area contributed by atoms with E-state index in [0.717, 1.165) is 25.3 Å². The standard InChI is InChI=1S/C14H20F2N2/c1-3-9-4-7-12(8(9)2)18-14-11(17)6-5-10(15)13(14)16/h5-6,8-9,12,18H,3-4,7,17H2,1-2H3. The van der Waals surface area contributed by atoms with Gasteiger partial charge in [-0.25, -0.2) is 8.78 Å². The topological polar surface area (TPSA) is 38.0 Å². The number of hydrogen-bond acceptors (Lipinski definition) is 2. The SMILES string of the molecule is CCC1CCC(Nc2c(N)ccc(F)c2F)C1C. The van der Waals surface area contributed by atoms with Gasteiger partial charge in [0.25, 0.3) is 0 Å². The molecule has 3 atom stereocenters. The molecule has 0 bridgehead atoms. The second kappa shape index (κ2) is 5.12. The Labute approximate surface area is 107 Å². The smallest absolute Gasteiger partial charge is 0.183 e. The van der Waals surface area contributed by atoms with Crippen LogP contribution in [0, 0.1) is 23.5 Å². The molecule has 0 spiro atoms. The molecule has 18 heavy (non-hydrogen) atoms. The summed E-state index contributed by atoms with van der Waals surface area (Å²) in [7, 11) is 0. The molecule has 3 unspecified atom stereocenters. The maximum Gasteiger partial charge on any atom is 0.183 e. The van der Waals surface area contributed by atoms with E-state index in [1.165, 1.54) is 6.07 Å². The molecule has 2 nitrogen and oxygen atoms in total. The Kier molecular flexibility index (Phi) is 3.73. The number of rotatable bonds is 3. The van der Waals surface area contributed by atoms with Gasteiger partial charge in [0.1, 0.15) is 0 Å². The van der Waals surface area contributed by atoms with Crippen LogP contribution < -0.4 is 11.1 Å². The number of nitrogen functional groups attached to an aromatic ring is 1. The normalized spacial score (nSPS) is 27.4. The van der Waals surface area contributed by atoms with E-state index in [4.69, 9.17) is 5.73 Å². The van der Waals surface area contributed by atoms with E-state index in [-0.39, 0.29) is 17.4 Å². The van der Waals surface area contributed by atoms with E-state index in [2.05, 4.69) is 19.2 Å². The first-order valence-electron chi connectivity index (χ1n) is 6.54. The summed E-state index contributed by atoms with van der Waals surface area (Å²) in [6.07, 6.45) is 3.24. The monoisotopic (exact) mass is 254 g/mol. The van der Waals surface area contributed by atoms with Crippen molar-refractivity contribution < 1.29 is 8.78 Å². The number of halogens is 2. The summed E-state index contributed by atoms with van der Waals surface area (Å²) in [5.41, 5.74) is 6.09. The first-order chi connectivity index (χ1) is 8.54. The molecule has 0 saturated heterocycles. The molecule has 0 aliphatic heterocycles. The molecule has 1 fully saturated rings. The van der Waals surface area contributed by atoms with Crippen LogP contribution in [-0.2, 0) is 0 Å². The van der Waals surface area contributed by atoms with Crippen LogP contribution in [0.15, 0.2) is 12.1 Å². The average molecular weight is 254 g/mol. The minimum Gasteiger partial charge on any atom is -0.397 e. The van der Waals surface area contributed by atoms with Gasteiger partial charge in [0.2, 0.25) is 0 Å². The van der Waals surface area contributed by atoms with E-state index in [9.17, 15) is 8.78 Å². The maximum atomic E-state index is 13.7.